The second-order valence-corrected chi connectivity index (χ2v) is 11.4. The molecule has 5 rings (SSSR count). The number of nitro groups is 2. The number of carbonyl (C=O) groups excluding carboxylic acids is 2. The van der Waals surface area contributed by atoms with E-state index in [9.17, 15) is 29.8 Å². The number of benzene rings is 5. The van der Waals surface area contributed by atoms with Crippen LogP contribution < -0.4 is 14.4 Å². The molecule has 262 valence electrons. The number of hydrogen-bond donors (Lipinski definition) is 0. The number of carbonyl (C=O) groups is 2. The average molecular weight is 700 g/mol. The molecule has 0 saturated carbocycles. The Morgan fingerprint density at radius 3 is 1.42 bits per heavy atom. The van der Waals surface area contributed by atoms with E-state index < -0.39 is 33.2 Å². The lowest BCUT2D eigenvalue weighted by Crippen LogP contribution is -2.21. The molecule has 0 radical (unpaired) electrons. The Labute approximate surface area is 298 Å². The molecule has 52 heavy (non-hydrogen) atoms. The quantitative estimate of drug-likeness (QED) is 0.0384. The van der Waals surface area contributed by atoms with Crippen LogP contribution in [0.15, 0.2) is 119 Å². The second-order valence-electron chi connectivity index (χ2n) is 11.4. The maximum absolute atomic E-state index is 12.9. The molecule has 0 amide bonds. The van der Waals surface area contributed by atoms with Gasteiger partial charge in [-0.05, 0) is 92.6 Å². The van der Waals surface area contributed by atoms with Crippen LogP contribution in [-0.2, 0) is 0 Å². The van der Waals surface area contributed by atoms with Gasteiger partial charge in [0.25, 0.3) is 0 Å². The molecule has 0 aliphatic heterocycles. The molecule has 5 aromatic rings. The Morgan fingerprint density at radius 1 is 0.635 bits per heavy atom. The Morgan fingerprint density at radius 2 is 1.04 bits per heavy atom. The van der Waals surface area contributed by atoms with Gasteiger partial charge in [-0.15, -0.1) is 0 Å². The summed E-state index contributed by atoms with van der Waals surface area (Å²) >= 11 is 0. The summed E-state index contributed by atoms with van der Waals surface area (Å²) in [7, 11) is 0. The lowest BCUT2D eigenvalue weighted by molar-refractivity contribution is -0.385. The molecule has 0 aliphatic rings. The Hall–Kier alpha value is -7.02. The van der Waals surface area contributed by atoms with Crippen molar-refractivity contribution >= 4 is 52.8 Å². The minimum absolute atomic E-state index is 0.0109. The highest BCUT2D eigenvalue weighted by molar-refractivity contribution is 5.95. The molecule has 0 aliphatic carbocycles. The van der Waals surface area contributed by atoms with Gasteiger partial charge in [-0.1, -0.05) is 42.0 Å². The molecule has 0 atom stereocenters. The number of esters is 2. The summed E-state index contributed by atoms with van der Waals surface area (Å²) in [5.74, 6) is -2.41. The van der Waals surface area contributed by atoms with Gasteiger partial charge in [0, 0.05) is 43.3 Å². The van der Waals surface area contributed by atoms with Crippen LogP contribution in [0.25, 0.3) is 0 Å². The van der Waals surface area contributed by atoms with E-state index >= 15 is 0 Å². The number of ether oxygens (including phenoxy) is 2. The minimum Gasteiger partial charge on any atom is -0.416 e. The number of nitrogens with zero attached hydrogens (tertiary/aromatic N) is 5. The first kappa shape index (κ1) is 36.3. The molecule has 0 saturated heterocycles. The van der Waals surface area contributed by atoms with E-state index in [0.29, 0.717) is 0 Å². The van der Waals surface area contributed by atoms with Crippen molar-refractivity contribution in [3.05, 3.63) is 157 Å². The van der Waals surface area contributed by atoms with Gasteiger partial charge in [-0.3, -0.25) is 30.2 Å². The Bertz CT molecular complexity index is 2160. The number of nitro benzene ring substituents is 2. The number of hydrogen-bond acceptors (Lipinski definition) is 11. The first-order valence-electron chi connectivity index (χ1n) is 16.2. The maximum Gasteiger partial charge on any atom is 0.343 e. The van der Waals surface area contributed by atoms with Gasteiger partial charge in [-0.25, -0.2) is 9.59 Å². The zero-order valence-corrected chi connectivity index (χ0v) is 28.5. The molecule has 0 bridgehead atoms. The van der Waals surface area contributed by atoms with Crippen molar-refractivity contribution in [1.82, 2.24) is 0 Å². The molecule has 13 heteroatoms. The van der Waals surface area contributed by atoms with Gasteiger partial charge in [0.1, 0.15) is 0 Å². The molecule has 0 fully saturated rings. The average Bonchev–Trinajstić information content (AvgIpc) is 3.15. The highest BCUT2D eigenvalue weighted by Gasteiger charge is 2.22. The fraction of sp³-hybridized carbons (Fsp3) is 0.128. The van der Waals surface area contributed by atoms with Crippen LogP contribution in [0.4, 0.5) is 28.4 Å². The maximum atomic E-state index is 12.9. The van der Waals surface area contributed by atoms with Crippen LogP contribution in [0.2, 0.25) is 0 Å². The summed E-state index contributed by atoms with van der Waals surface area (Å²) in [6, 6.07) is 28.3. The largest absolute Gasteiger partial charge is 0.416 e. The Kier molecular flexibility index (Phi) is 11.6. The third kappa shape index (κ3) is 9.15. The summed E-state index contributed by atoms with van der Waals surface area (Å²) < 4.78 is 10.6. The molecule has 0 unspecified atom stereocenters. The molecule has 0 heterocycles. The van der Waals surface area contributed by atoms with Crippen LogP contribution in [0, 0.1) is 27.2 Å². The van der Waals surface area contributed by atoms with Gasteiger partial charge in [0.05, 0.1) is 32.3 Å². The summed E-state index contributed by atoms with van der Waals surface area (Å²) in [4.78, 5) is 58.8. The van der Waals surface area contributed by atoms with Crippen molar-refractivity contribution in [1.29, 1.82) is 0 Å². The summed E-state index contributed by atoms with van der Waals surface area (Å²) in [5.41, 5.74) is 3.39. The standard InChI is InChI=1S/C39H33N5O8/c1-4-42(5-2)33-18-10-28(11-19-33)25-41-32-17-21-37(35(23-32)44(49)50)52-39(46)30-14-12-29(13-15-30)38(45)51-36-20-16-31(22-34(36)43(47)48)40-24-27-8-6-26(3)7-9-27/h6-25H,4-5H2,1-3H3. The topological polar surface area (TPSA) is 167 Å². The SMILES string of the molecule is CCN(CC)c1ccc(C=Nc2ccc(OC(=O)c3ccc(C(=O)Oc4ccc(N=Cc5ccc(C)cc5)cc4[N+](=O)[O-])cc3)c([N+](=O)[O-])c2)cc1. The van der Waals surface area contributed by atoms with Crippen molar-refractivity contribution in [2.24, 2.45) is 9.98 Å². The third-order valence-electron chi connectivity index (χ3n) is 7.86. The summed E-state index contributed by atoms with van der Waals surface area (Å²) in [6.07, 6.45) is 3.15. The predicted octanol–water partition coefficient (Wildman–Crippen LogP) is 8.60. The van der Waals surface area contributed by atoms with E-state index in [2.05, 4.69) is 28.7 Å². The smallest absolute Gasteiger partial charge is 0.343 e. The van der Waals surface area contributed by atoms with Crippen molar-refractivity contribution in [3.63, 3.8) is 0 Å². The van der Waals surface area contributed by atoms with Gasteiger partial charge >= 0.3 is 23.3 Å². The zero-order valence-electron chi connectivity index (χ0n) is 28.5. The normalized spacial score (nSPS) is 11.1. The molecule has 5 aromatic carbocycles. The first-order valence-corrected chi connectivity index (χ1v) is 16.2. The Balaban J connectivity index is 1.24. The van der Waals surface area contributed by atoms with E-state index in [1.54, 1.807) is 12.4 Å². The first-order chi connectivity index (χ1) is 25.0. The van der Waals surface area contributed by atoms with Gasteiger partial charge < -0.3 is 14.4 Å². The molecule has 0 N–H and O–H groups in total. The lowest BCUT2D eigenvalue weighted by atomic mass is 10.1. The van der Waals surface area contributed by atoms with Gasteiger partial charge in [0.15, 0.2) is 0 Å². The molecule has 0 aromatic heterocycles. The van der Waals surface area contributed by atoms with Crippen LogP contribution in [0.3, 0.4) is 0 Å². The second kappa shape index (κ2) is 16.6. The highest BCUT2D eigenvalue weighted by atomic mass is 16.6. The van der Waals surface area contributed by atoms with Crippen molar-refractivity contribution in [2.45, 2.75) is 20.8 Å². The number of aryl methyl sites for hydroxylation is 1. The van der Waals surface area contributed by atoms with Crippen molar-refractivity contribution in [2.75, 3.05) is 18.0 Å². The van der Waals surface area contributed by atoms with E-state index in [1.165, 1.54) is 60.7 Å². The van der Waals surface area contributed by atoms with Crippen molar-refractivity contribution in [3.8, 4) is 11.5 Å². The highest BCUT2D eigenvalue weighted by Crippen LogP contribution is 2.33. The number of rotatable bonds is 13. The minimum atomic E-state index is -0.912. The molecular weight excluding hydrogens is 666 g/mol. The van der Waals surface area contributed by atoms with Crippen LogP contribution in [0.5, 0.6) is 11.5 Å². The van der Waals surface area contributed by atoms with E-state index in [1.807, 2.05) is 55.5 Å². The van der Waals surface area contributed by atoms with E-state index in [0.717, 1.165) is 35.5 Å². The lowest BCUT2D eigenvalue weighted by Gasteiger charge is -2.20. The molecule has 13 nitrogen and oxygen atoms in total. The van der Waals surface area contributed by atoms with Crippen LogP contribution >= 0.6 is 0 Å². The van der Waals surface area contributed by atoms with E-state index in [-0.39, 0.29) is 34.0 Å². The van der Waals surface area contributed by atoms with Crippen LogP contribution in [-0.4, -0.2) is 47.3 Å². The summed E-state index contributed by atoms with van der Waals surface area (Å²) in [5, 5.41) is 23.6. The monoisotopic (exact) mass is 699 g/mol. The summed E-state index contributed by atoms with van der Waals surface area (Å²) in [6.45, 7) is 7.86. The van der Waals surface area contributed by atoms with Crippen LogP contribution in [0.1, 0.15) is 51.3 Å². The van der Waals surface area contributed by atoms with Gasteiger partial charge in [-0.2, -0.15) is 0 Å². The fourth-order valence-corrected chi connectivity index (χ4v) is 5.00. The number of aliphatic imine (C=N–C) groups is 2. The molecular formula is C39H33N5O8. The number of anilines is 1. The predicted molar refractivity (Wildman–Crippen MR) is 198 cm³/mol. The fourth-order valence-electron chi connectivity index (χ4n) is 5.00. The molecule has 0 spiro atoms. The van der Waals surface area contributed by atoms with E-state index in [4.69, 9.17) is 9.47 Å². The van der Waals surface area contributed by atoms with Crippen molar-refractivity contribution < 1.29 is 28.9 Å². The third-order valence-corrected chi connectivity index (χ3v) is 7.86. The van der Waals surface area contributed by atoms with Gasteiger partial charge in [0.2, 0.25) is 11.5 Å². The zero-order chi connectivity index (χ0) is 37.2.